The third-order valence-corrected chi connectivity index (χ3v) is 6.47. The van der Waals surface area contributed by atoms with Crippen LogP contribution in [0.15, 0.2) is 4.99 Å². The van der Waals surface area contributed by atoms with E-state index in [4.69, 9.17) is 0 Å². The number of guanidine groups is 1. The summed E-state index contributed by atoms with van der Waals surface area (Å²) in [5, 5.41) is 2.84. The van der Waals surface area contributed by atoms with Gasteiger partial charge in [0.15, 0.2) is 15.8 Å². The van der Waals surface area contributed by atoms with Gasteiger partial charge in [-0.1, -0.05) is 0 Å². The van der Waals surface area contributed by atoms with Crippen LogP contribution in [0.2, 0.25) is 0 Å². The van der Waals surface area contributed by atoms with Crippen LogP contribution in [-0.4, -0.2) is 67.7 Å². The van der Waals surface area contributed by atoms with Crippen molar-refractivity contribution in [3.05, 3.63) is 0 Å². The van der Waals surface area contributed by atoms with E-state index in [2.05, 4.69) is 10.3 Å². The average molecular weight is 347 g/mol. The van der Waals surface area contributed by atoms with E-state index in [1.807, 2.05) is 0 Å². The molecule has 0 atom stereocenters. The second-order valence-electron chi connectivity index (χ2n) is 5.27. The van der Waals surface area contributed by atoms with Crippen molar-refractivity contribution in [3.8, 4) is 0 Å². The molecule has 0 aromatic heterocycles. The summed E-state index contributed by atoms with van der Waals surface area (Å²) in [4.78, 5) is 5.77. The SMILES string of the molecule is CN=C(NCCSC(F)(F)F)N1CCS(=O)(=O)C(C)(C)C1. The van der Waals surface area contributed by atoms with Crippen LogP contribution in [0.1, 0.15) is 13.8 Å². The molecule has 0 unspecified atom stereocenters. The summed E-state index contributed by atoms with van der Waals surface area (Å²) in [6, 6.07) is 0. The molecule has 1 aliphatic heterocycles. The molecule has 0 aromatic carbocycles. The zero-order chi connectivity index (χ0) is 16.3. The number of hydrogen-bond acceptors (Lipinski definition) is 4. The molecule has 1 aliphatic rings. The van der Waals surface area contributed by atoms with E-state index in [-0.39, 0.29) is 42.9 Å². The summed E-state index contributed by atoms with van der Waals surface area (Å²) in [6.07, 6.45) is 0. The minimum Gasteiger partial charge on any atom is -0.355 e. The van der Waals surface area contributed by atoms with Crippen molar-refractivity contribution in [2.24, 2.45) is 4.99 Å². The van der Waals surface area contributed by atoms with Gasteiger partial charge in [0.2, 0.25) is 0 Å². The number of aliphatic imine (C=N–C) groups is 1. The van der Waals surface area contributed by atoms with Gasteiger partial charge in [0, 0.05) is 32.4 Å². The highest BCUT2D eigenvalue weighted by atomic mass is 32.2. The molecule has 1 fully saturated rings. The predicted octanol–water partition coefficient (Wildman–Crippen LogP) is 1.32. The Balaban J connectivity index is 2.55. The zero-order valence-electron chi connectivity index (χ0n) is 12.2. The molecule has 1 rings (SSSR count). The van der Waals surface area contributed by atoms with Gasteiger partial charge in [-0.3, -0.25) is 4.99 Å². The number of thioether (sulfide) groups is 1. The van der Waals surface area contributed by atoms with Crippen LogP contribution in [0.25, 0.3) is 0 Å². The van der Waals surface area contributed by atoms with Crippen molar-refractivity contribution < 1.29 is 21.6 Å². The number of sulfone groups is 1. The first kappa shape index (κ1) is 18.4. The molecule has 0 aliphatic carbocycles. The molecule has 124 valence electrons. The molecule has 1 N–H and O–H groups in total. The largest absolute Gasteiger partial charge is 0.441 e. The second kappa shape index (κ2) is 6.64. The number of nitrogens with zero attached hydrogens (tertiary/aromatic N) is 2. The van der Waals surface area contributed by atoms with Crippen molar-refractivity contribution in [2.45, 2.75) is 24.1 Å². The molecule has 21 heavy (non-hydrogen) atoms. The van der Waals surface area contributed by atoms with Crippen molar-refractivity contribution in [1.82, 2.24) is 10.2 Å². The first-order chi connectivity index (χ1) is 9.48. The Labute approximate surface area is 127 Å². The van der Waals surface area contributed by atoms with Gasteiger partial charge in [0.25, 0.3) is 0 Å². The Bertz CT molecular complexity index is 489. The van der Waals surface area contributed by atoms with E-state index in [0.717, 1.165) is 0 Å². The van der Waals surface area contributed by atoms with Gasteiger partial charge in [0.1, 0.15) is 0 Å². The van der Waals surface area contributed by atoms with Crippen LogP contribution < -0.4 is 5.32 Å². The van der Waals surface area contributed by atoms with Gasteiger partial charge in [-0.25, -0.2) is 8.42 Å². The van der Waals surface area contributed by atoms with Gasteiger partial charge in [0.05, 0.1) is 10.5 Å². The molecule has 0 saturated carbocycles. The smallest absolute Gasteiger partial charge is 0.355 e. The van der Waals surface area contributed by atoms with Gasteiger partial charge >= 0.3 is 5.51 Å². The standard InChI is InChI=1S/C11H20F3N3O2S2/c1-10(2)8-17(5-7-21(10,18)19)9(15-3)16-4-6-20-11(12,13)14/h4-8H2,1-3H3,(H,15,16). The van der Waals surface area contributed by atoms with E-state index < -0.39 is 20.1 Å². The third kappa shape index (κ3) is 5.24. The van der Waals surface area contributed by atoms with Gasteiger partial charge in [-0.15, -0.1) is 0 Å². The highest BCUT2D eigenvalue weighted by Crippen LogP contribution is 2.29. The lowest BCUT2D eigenvalue weighted by atomic mass is 10.2. The summed E-state index contributed by atoms with van der Waals surface area (Å²) in [6.45, 7) is 3.95. The summed E-state index contributed by atoms with van der Waals surface area (Å²) in [5.74, 6) is 0.316. The molecular weight excluding hydrogens is 327 g/mol. The van der Waals surface area contributed by atoms with Crippen molar-refractivity contribution in [3.63, 3.8) is 0 Å². The molecule has 5 nitrogen and oxygen atoms in total. The van der Waals surface area contributed by atoms with E-state index in [1.54, 1.807) is 18.7 Å². The number of nitrogens with one attached hydrogen (secondary N) is 1. The summed E-state index contributed by atoms with van der Waals surface area (Å²) < 4.78 is 59.0. The Kier molecular flexibility index (Phi) is 5.82. The number of hydrogen-bond donors (Lipinski definition) is 1. The Hall–Kier alpha value is -0.640. The fourth-order valence-electron chi connectivity index (χ4n) is 1.99. The molecule has 0 spiro atoms. The minimum absolute atomic E-state index is 0.0119. The van der Waals surface area contributed by atoms with E-state index in [1.165, 1.54) is 7.05 Å². The number of rotatable bonds is 3. The quantitative estimate of drug-likeness (QED) is 0.474. The van der Waals surface area contributed by atoms with Crippen molar-refractivity contribution >= 4 is 27.6 Å². The van der Waals surface area contributed by atoms with Crippen LogP contribution >= 0.6 is 11.8 Å². The second-order valence-corrected chi connectivity index (χ2v) is 9.17. The van der Waals surface area contributed by atoms with E-state index in [9.17, 15) is 21.6 Å². The lowest BCUT2D eigenvalue weighted by Gasteiger charge is -2.39. The predicted molar refractivity (Wildman–Crippen MR) is 79.3 cm³/mol. The van der Waals surface area contributed by atoms with E-state index in [0.29, 0.717) is 5.96 Å². The van der Waals surface area contributed by atoms with Crippen LogP contribution in [-0.2, 0) is 9.84 Å². The number of halogens is 3. The fourth-order valence-corrected chi connectivity index (χ4v) is 3.79. The van der Waals surface area contributed by atoms with Crippen molar-refractivity contribution in [2.75, 3.05) is 38.2 Å². The first-order valence-corrected chi connectivity index (χ1v) is 9.01. The van der Waals surface area contributed by atoms with Gasteiger partial charge < -0.3 is 10.2 Å². The molecule has 0 radical (unpaired) electrons. The average Bonchev–Trinajstić information content (AvgIpc) is 2.32. The zero-order valence-corrected chi connectivity index (χ0v) is 13.8. The third-order valence-electron chi connectivity index (χ3n) is 3.21. The lowest BCUT2D eigenvalue weighted by molar-refractivity contribution is -0.0327. The summed E-state index contributed by atoms with van der Waals surface area (Å²) >= 11 is -0.0997. The first-order valence-electron chi connectivity index (χ1n) is 6.37. The maximum Gasteiger partial charge on any atom is 0.441 e. The van der Waals surface area contributed by atoms with Crippen LogP contribution in [0, 0.1) is 0 Å². The number of alkyl halides is 3. The Morgan fingerprint density at radius 1 is 1.43 bits per heavy atom. The van der Waals surface area contributed by atoms with E-state index >= 15 is 0 Å². The highest BCUT2D eigenvalue weighted by molar-refractivity contribution is 8.00. The topological polar surface area (TPSA) is 61.8 Å². The summed E-state index contributed by atoms with van der Waals surface area (Å²) in [5.41, 5.74) is -4.24. The summed E-state index contributed by atoms with van der Waals surface area (Å²) in [7, 11) is -1.63. The Morgan fingerprint density at radius 2 is 2.05 bits per heavy atom. The van der Waals surface area contributed by atoms with Gasteiger partial charge in [-0.2, -0.15) is 13.2 Å². The normalized spacial score (nSPS) is 22.2. The molecule has 0 aromatic rings. The van der Waals surface area contributed by atoms with Crippen molar-refractivity contribution in [1.29, 1.82) is 0 Å². The van der Waals surface area contributed by atoms with Gasteiger partial charge in [-0.05, 0) is 25.6 Å². The molecule has 1 saturated heterocycles. The molecular formula is C11H20F3N3O2S2. The maximum absolute atomic E-state index is 12.0. The Morgan fingerprint density at radius 3 is 2.52 bits per heavy atom. The molecule has 1 heterocycles. The fraction of sp³-hybridized carbons (Fsp3) is 0.909. The molecule has 0 bridgehead atoms. The lowest BCUT2D eigenvalue weighted by Crippen LogP contribution is -2.57. The maximum atomic E-state index is 12.0. The molecule has 10 heteroatoms. The van der Waals surface area contributed by atoms with Crippen LogP contribution in [0.4, 0.5) is 13.2 Å². The minimum atomic E-state index is -4.24. The van der Waals surface area contributed by atoms with Crippen LogP contribution in [0.3, 0.4) is 0 Å². The monoisotopic (exact) mass is 347 g/mol. The highest BCUT2D eigenvalue weighted by Gasteiger charge is 2.40. The molecule has 0 amide bonds. The van der Waals surface area contributed by atoms with Crippen LogP contribution in [0.5, 0.6) is 0 Å².